The quantitative estimate of drug-likeness (QED) is 0.284. The molecule has 1 saturated heterocycles. The summed E-state index contributed by atoms with van der Waals surface area (Å²) in [6.07, 6.45) is -7.38. The third-order valence-corrected chi connectivity index (χ3v) is 2.78. The highest BCUT2D eigenvalue weighted by molar-refractivity contribution is 4.93. The third-order valence-electron chi connectivity index (χ3n) is 2.78. The molecule has 8 heteroatoms. The van der Waals surface area contributed by atoms with E-state index >= 15 is 0 Å². The van der Waals surface area contributed by atoms with Crippen LogP contribution in [0.5, 0.6) is 0 Å². The second kappa shape index (κ2) is 7.15. The summed E-state index contributed by atoms with van der Waals surface area (Å²) in [5.41, 5.74) is 5.49. The van der Waals surface area contributed by atoms with Crippen molar-refractivity contribution >= 4 is 0 Å². The maximum atomic E-state index is 9.95. The number of aliphatic hydroxyl groups excluding tert-OH is 4. The number of nitrogens with two attached hydrogens (primary N) is 1. The summed E-state index contributed by atoms with van der Waals surface area (Å²) in [6.45, 7) is 5.07. The van der Waals surface area contributed by atoms with E-state index < -0.39 is 42.8 Å². The zero-order valence-electron chi connectivity index (χ0n) is 10.7. The minimum Gasteiger partial charge on any atom is -0.508 e. The van der Waals surface area contributed by atoms with Gasteiger partial charge in [-0.1, -0.05) is 6.58 Å². The first-order valence-corrected chi connectivity index (χ1v) is 5.96. The Morgan fingerprint density at radius 1 is 1.42 bits per heavy atom. The van der Waals surface area contributed by atoms with Crippen molar-refractivity contribution in [3.05, 3.63) is 12.3 Å². The molecule has 0 bridgehead atoms. The molecule has 0 aliphatic carbocycles. The molecule has 19 heavy (non-hydrogen) atoms. The number of aliphatic hydroxyl groups is 4. The van der Waals surface area contributed by atoms with Gasteiger partial charge in [-0.05, 0) is 6.92 Å². The van der Waals surface area contributed by atoms with Crippen molar-refractivity contribution in [1.82, 2.24) is 0 Å². The van der Waals surface area contributed by atoms with E-state index in [-0.39, 0.29) is 13.2 Å². The summed E-state index contributed by atoms with van der Waals surface area (Å²) in [4.78, 5) is 0. The fourth-order valence-corrected chi connectivity index (χ4v) is 1.79. The summed E-state index contributed by atoms with van der Waals surface area (Å²) < 4.78 is 15.5. The van der Waals surface area contributed by atoms with Crippen molar-refractivity contribution in [1.29, 1.82) is 0 Å². The number of hydrogen-bond acceptors (Lipinski definition) is 8. The van der Waals surface area contributed by atoms with Crippen LogP contribution in [0, 0.1) is 0 Å². The minimum absolute atomic E-state index is 0.0252. The van der Waals surface area contributed by atoms with Gasteiger partial charge in [-0.25, -0.2) is 0 Å². The van der Waals surface area contributed by atoms with Crippen LogP contribution in [0.3, 0.4) is 0 Å². The monoisotopic (exact) mass is 279 g/mol. The highest BCUT2D eigenvalue weighted by atomic mass is 16.7. The molecule has 0 spiro atoms. The fourth-order valence-electron chi connectivity index (χ4n) is 1.79. The number of ether oxygens (including phenoxy) is 3. The lowest BCUT2D eigenvalue weighted by molar-refractivity contribution is -0.315. The average molecular weight is 279 g/mol. The number of rotatable bonds is 6. The van der Waals surface area contributed by atoms with Crippen molar-refractivity contribution in [3.63, 3.8) is 0 Å². The van der Waals surface area contributed by atoms with E-state index in [1.165, 1.54) is 0 Å². The maximum absolute atomic E-state index is 9.95. The van der Waals surface area contributed by atoms with Gasteiger partial charge in [0.05, 0.1) is 0 Å². The highest BCUT2D eigenvalue weighted by Crippen LogP contribution is 2.25. The van der Waals surface area contributed by atoms with Gasteiger partial charge in [-0.2, -0.15) is 0 Å². The van der Waals surface area contributed by atoms with Crippen molar-refractivity contribution in [2.24, 2.45) is 5.73 Å². The lowest BCUT2D eigenvalue weighted by Gasteiger charge is -2.42. The molecule has 0 amide bonds. The van der Waals surface area contributed by atoms with E-state index in [1.807, 2.05) is 0 Å². The van der Waals surface area contributed by atoms with Crippen LogP contribution >= 0.6 is 0 Å². The topological polar surface area (TPSA) is 135 Å². The Balaban J connectivity index is 2.76. The number of hydrogen-bond donors (Lipinski definition) is 5. The van der Waals surface area contributed by atoms with Gasteiger partial charge in [-0.3, -0.25) is 0 Å². The predicted molar refractivity (Wildman–Crippen MR) is 64.0 cm³/mol. The molecule has 6 unspecified atom stereocenters. The van der Waals surface area contributed by atoms with E-state index in [0.29, 0.717) is 0 Å². The van der Waals surface area contributed by atoms with Crippen LogP contribution in [0.15, 0.2) is 12.3 Å². The Labute approximate surface area is 111 Å². The van der Waals surface area contributed by atoms with Gasteiger partial charge in [0.2, 0.25) is 6.29 Å². The molecule has 1 rings (SSSR count). The molecule has 1 fully saturated rings. The molecule has 8 nitrogen and oxygen atoms in total. The molecule has 1 aliphatic heterocycles. The van der Waals surface area contributed by atoms with Gasteiger partial charge < -0.3 is 40.4 Å². The van der Waals surface area contributed by atoms with Crippen LogP contribution in [0.1, 0.15) is 6.92 Å². The normalized spacial score (nSPS) is 37.0. The van der Waals surface area contributed by atoms with Gasteiger partial charge in [-0.15, -0.1) is 0 Å². The van der Waals surface area contributed by atoms with E-state index in [4.69, 9.17) is 25.1 Å². The molecule has 0 aromatic carbocycles. The van der Waals surface area contributed by atoms with Gasteiger partial charge in [0.15, 0.2) is 6.29 Å². The zero-order valence-corrected chi connectivity index (χ0v) is 10.7. The average Bonchev–Trinajstić information content (AvgIpc) is 2.38. The minimum atomic E-state index is -1.70. The lowest BCUT2D eigenvalue weighted by Crippen LogP contribution is -2.61. The maximum Gasteiger partial charge on any atom is 0.213 e. The van der Waals surface area contributed by atoms with Crippen LogP contribution < -0.4 is 5.73 Å². The lowest BCUT2D eigenvalue weighted by atomic mass is 9.98. The van der Waals surface area contributed by atoms with Crippen LogP contribution in [0.25, 0.3) is 0 Å². The Kier molecular flexibility index (Phi) is 6.14. The highest BCUT2D eigenvalue weighted by Gasteiger charge is 2.46. The summed E-state index contributed by atoms with van der Waals surface area (Å²) in [5, 5.41) is 38.1. The van der Waals surface area contributed by atoms with Gasteiger partial charge >= 0.3 is 0 Å². The third kappa shape index (κ3) is 3.86. The van der Waals surface area contributed by atoms with Crippen molar-refractivity contribution in [2.75, 3.05) is 13.2 Å². The van der Waals surface area contributed by atoms with E-state index in [9.17, 15) is 15.3 Å². The smallest absolute Gasteiger partial charge is 0.213 e. The fraction of sp³-hybridized carbons (Fsp3) is 0.818. The van der Waals surface area contributed by atoms with E-state index in [0.717, 1.165) is 0 Å². The summed E-state index contributed by atoms with van der Waals surface area (Å²) in [5.74, 6) is -0.621. The van der Waals surface area contributed by atoms with Gasteiger partial charge in [0, 0.05) is 13.2 Å². The first-order chi connectivity index (χ1) is 8.92. The van der Waals surface area contributed by atoms with Crippen LogP contribution in [-0.2, 0) is 14.2 Å². The Morgan fingerprint density at radius 3 is 2.53 bits per heavy atom. The summed E-state index contributed by atoms with van der Waals surface area (Å²) in [7, 11) is 0. The zero-order chi connectivity index (χ0) is 14.6. The van der Waals surface area contributed by atoms with Crippen LogP contribution in [-0.4, -0.2) is 70.6 Å². The first-order valence-electron chi connectivity index (χ1n) is 5.96. The molecule has 0 saturated carbocycles. The second-order valence-electron chi connectivity index (χ2n) is 4.16. The van der Waals surface area contributed by atoms with Crippen molar-refractivity contribution in [3.8, 4) is 0 Å². The van der Waals surface area contributed by atoms with Crippen LogP contribution in [0.2, 0.25) is 0 Å². The standard InChI is InChI=1S/C11H21NO7/c1-3-17-11-8(15)7(14)9(6(4-12)18-11)19-10(16)5(2)13/h6-11,13-16H,2-4,12H2,1H3. The molecular weight excluding hydrogens is 258 g/mol. The Hall–Kier alpha value is -0.740. The van der Waals surface area contributed by atoms with E-state index in [1.54, 1.807) is 6.92 Å². The van der Waals surface area contributed by atoms with Gasteiger partial charge in [0.25, 0.3) is 0 Å². The van der Waals surface area contributed by atoms with Crippen LogP contribution in [0.4, 0.5) is 0 Å². The second-order valence-corrected chi connectivity index (χ2v) is 4.16. The molecule has 1 aliphatic rings. The molecule has 6 N–H and O–H groups in total. The first kappa shape index (κ1) is 16.3. The van der Waals surface area contributed by atoms with E-state index in [2.05, 4.69) is 6.58 Å². The van der Waals surface area contributed by atoms with Crippen molar-refractivity contribution in [2.45, 2.75) is 43.9 Å². The molecular formula is C11H21NO7. The molecule has 0 aromatic heterocycles. The summed E-state index contributed by atoms with van der Waals surface area (Å²) >= 11 is 0. The summed E-state index contributed by atoms with van der Waals surface area (Å²) in [6, 6.07) is 0. The largest absolute Gasteiger partial charge is 0.508 e. The SMILES string of the molecule is C=C(O)C(O)OC1C(CN)OC(OCC)C(O)C1O. The molecule has 112 valence electrons. The molecule has 6 atom stereocenters. The predicted octanol–water partition coefficient (Wildman–Crippen LogP) is -1.80. The molecule has 0 radical (unpaired) electrons. The Morgan fingerprint density at radius 2 is 2.05 bits per heavy atom. The molecule has 0 aromatic rings. The van der Waals surface area contributed by atoms with Gasteiger partial charge in [0.1, 0.15) is 30.2 Å². The molecule has 1 heterocycles. The van der Waals surface area contributed by atoms with Crippen molar-refractivity contribution < 1.29 is 34.6 Å². The Bertz CT molecular complexity index is 299.